The van der Waals surface area contributed by atoms with Gasteiger partial charge in [-0.2, -0.15) is 0 Å². The van der Waals surface area contributed by atoms with Crippen LogP contribution in [0.15, 0.2) is 0 Å². The minimum absolute atomic E-state index is 0.395. The van der Waals surface area contributed by atoms with Crippen LogP contribution in [0.5, 0.6) is 0 Å². The minimum atomic E-state index is 0.395. The standard InChI is InChI=1S/C7H14O.C4H10/c1-3-5-6-7(8)4-2;1-3-4-2/h3-6H2,1-2H3;3-4H2,1-2H3. The van der Waals surface area contributed by atoms with Gasteiger partial charge in [-0.05, 0) is 6.42 Å². The van der Waals surface area contributed by atoms with E-state index in [9.17, 15) is 4.79 Å². The predicted molar refractivity (Wildman–Crippen MR) is 55.4 cm³/mol. The van der Waals surface area contributed by atoms with Gasteiger partial charge in [-0.3, -0.25) is 4.79 Å². The fourth-order valence-corrected chi connectivity index (χ4v) is 0.551. The molecule has 0 radical (unpaired) electrons. The Morgan fingerprint density at radius 1 is 0.917 bits per heavy atom. The van der Waals surface area contributed by atoms with Gasteiger partial charge in [0, 0.05) is 12.8 Å². The Morgan fingerprint density at radius 3 is 1.67 bits per heavy atom. The molecule has 1 nitrogen and oxygen atoms in total. The molecule has 0 rings (SSSR count). The van der Waals surface area contributed by atoms with Gasteiger partial charge in [0.15, 0.2) is 0 Å². The first-order valence-electron chi connectivity index (χ1n) is 5.24. The van der Waals surface area contributed by atoms with Crippen molar-refractivity contribution in [2.45, 2.75) is 66.2 Å². The lowest BCUT2D eigenvalue weighted by Crippen LogP contribution is -1.92. The molecule has 0 fully saturated rings. The van der Waals surface area contributed by atoms with Gasteiger partial charge in [-0.25, -0.2) is 0 Å². The van der Waals surface area contributed by atoms with E-state index < -0.39 is 0 Å². The Morgan fingerprint density at radius 2 is 1.42 bits per heavy atom. The molecule has 0 amide bonds. The summed E-state index contributed by atoms with van der Waals surface area (Å²) >= 11 is 0. The third kappa shape index (κ3) is 16.3. The van der Waals surface area contributed by atoms with Crippen molar-refractivity contribution in [3.63, 3.8) is 0 Å². The van der Waals surface area contributed by atoms with Crippen LogP contribution in [0.4, 0.5) is 0 Å². The van der Waals surface area contributed by atoms with Crippen molar-refractivity contribution in [3.8, 4) is 0 Å². The Hall–Kier alpha value is -0.330. The Labute approximate surface area is 77.6 Å². The third-order valence-electron chi connectivity index (χ3n) is 1.70. The average Bonchev–Trinajstić information content (AvgIpc) is 2.14. The van der Waals surface area contributed by atoms with Crippen molar-refractivity contribution in [2.24, 2.45) is 0 Å². The zero-order valence-electron chi connectivity index (χ0n) is 9.15. The highest BCUT2D eigenvalue weighted by Crippen LogP contribution is 1.96. The van der Waals surface area contributed by atoms with Gasteiger partial charge in [0.25, 0.3) is 0 Å². The molecule has 0 spiro atoms. The molecule has 0 N–H and O–H groups in total. The molecule has 0 heterocycles. The lowest BCUT2D eigenvalue weighted by molar-refractivity contribution is -0.118. The fraction of sp³-hybridized carbons (Fsp3) is 0.909. The maximum absolute atomic E-state index is 10.6. The SMILES string of the molecule is CCCC.CCCCC(=O)CC. The van der Waals surface area contributed by atoms with E-state index in [-0.39, 0.29) is 0 Å². The smallest absolute Gasteiger partial charge is 0.132 e. The van der Waals surface area contributed by atoms with Crippen LogP contribution in [0.25, 0.3) is 0 Å². The van der Waals surface area contributed by atoms with Crippen molar-refractivity contribution < 1.29 is 4.79 Å². The first kappa shape index (κ1) is 14.2. The van der Waals surface area contributed by atoms with Crippen LogP contribution in [-0.4, -0.2) is 5.78 Å². The van der Waals surface area contributed by atoms with Gasteiger partial charge in [-0.15, -0.1) is 0 Å². The quantitative estimate of drug-likeness (QED) is 0.613. The Balaban J connectivity index is 0. The Bertz CT molecular complexity index is 85.0. The molecule has 0 unspecified atom stereocenters. The summed E-state index contributed by atoms with van der Waals surface area (Å²) in [7, 11) is 0. The van der Waals surface area contributed by atoms with Crippen LogP contribution in [0.3, 0.4) is 0 Å². The van der Waals surface area contributed by atoms with E-state index >= 15 is 0 Å². The summed E-state index contributed by atoms with van der Waals surface area (Å²) in [5.41, 5.74) is 0. The van der Waals surface area contributed by atoms with Gasteiger partial charge in [0.1, 0.15) is 5.78 Å². The highest BCUT2D eigenvalue weighted by molar-refractivity contribution is 5.77. The molecule has 12 heavy (non-hydrogen) atoms. The number of Topliss-reactive ketones (excluding diaryl/α,β-unsaturated/α-hetero) is 1. The van der Waals surface area contributed by atoms with Gasteiger partial charge >= 0.3 is 0 Å². The third-order valence-corrected chi connectivity index (χ3v) is 1.70. The van der Waals surface area contributed by atoms with Crippen molar-refractivity contribution in [2.75, 3.05) is 0 Å². The molecular formula is C11H24O. The lowest BCUT2D eigenvalue weighted by Gasteiger charge is -1.91. The monoisotopic (exact) mass is 172 g/mol. The molecule has 0 aromatic carbocycles. The molecule has 0 aliphatic rings. The zero-order chi connectivity index (χ0) is 9.82. The summed E-state index contributed by atoms with van der Waals surface area (Å²) < 4.78 is 0. The van der Waals surface area contributed by atoms with Gasteiger partial charge < -0.3 is 0 Å². The number of hydrogen-bond donors (Lipinski definition) is 0. The molecule has 0 saturated carbocycles. The maximum Gasteiger partial charge on any atom is 0.132 e. The van der Waals surface area contributed by atoms with E-state index in [1.165, 1.54) is 12.8 Å². The topological polar surface area (TPSA) is 17.1 Å². The second-order valence-electron chi connectivity index (χ2n) is 3.00. The predicted octanol–water partition coefficient (Wildman–Crippen LogP) is 3.96. The van der Waals surface area contributed by atoms with Crippen molar-refractivity contribution >= 4 is 5.78 Å². The van der Waals surface area contributed by atoms with Crippen LogP contribution in [0.1, 0.15) is 66.2 Å². The van der Waals surface area contributed by atoms with E-state index in [0.717, 1.165) is 19.3 Å². The molecule has 0 aromatic heterocycles. The first-order chi connectivity index (χ1) is 5.72. The van der Waals surface area contributed by atoms with E-state index in [1.807, 2.05) is 6.92 Å². The summed E-state index contributed by atoms with van der Waals surface area (Å²) in [6.07, 6.45) is 6.32. The molecule has 0 aromatic rings. The number of hydrogen-bond acceptors (Lipinski definition) is 1. The number of unbranched alkanes of at least 4 members (excludes halogenated alkanes) is 2. The molecule has 0 saturated heterocycles. The van der Waals surface area contributed by atoms with E-state index in [4.69, 9.17) is 0 Å². The molecule has 1 heteroatoms. The van der Waals surface area contributed by atoms with Crippen molar-refractivity contribution in [1.29, 1.82) is 0 Å². The van der Waals surface area contributed by atoms with Crippen LogP contribution in [0.2, 0.25) is 0 Å². The number of rotatable bonds is 5. The first-order valence-corrected chi connectivity index (χ1v) is 5.24. The molecule has 0 atom stereocenters. The van der Waals surface area contributed by atoms with Crippen LogP contribution in [0, 0.1) is 0 Å². The van der Waals surface area contributed by atoms with Gasteiger partial charge in [0.05, 0.1) is 0 Å². The van der Waals surface area contributed by atoms with Crippen LogP contribution >= 0.6 is 0 Å². The second-order valence-corrected chi connectivity index (χ2v) is 3.00. The van der Waals surface area contributed by atoms with Crippen molar-refractivity contribution in [1.82, 2.24) is 0 Å². The summed E-state index contributed by atoms with van der Waals surface area (Å²) in [5.74, 6) is 0.395. The van der Waals surface area contributed by atoms with Gasteiger partial charge in [0.2, 0.25) is 0 Å². The molecular weight excluding hydrogens is 148 g/mol. The summed E-state index contributed by atoms with van der Waals surface area (Å²) in [6.45, 7) is 8.38. The Kier molecular flexibility index (Phi) is 15.7. The average molecular weight is 172 g/mol. The fourth-order valence-electron chi connectivity index (χ4n) is 0.551. The number of carbonyl (C=O) groups is 1. The van der Waals surface area contributed by atoms with Crippen molar-refractivity contribution in [3.05, 3.63) is 0 Å². The zero-order valence-corrected chi connectivity index (χ0v) is 9.15. The number of carbonyl (C=O) groups excluding carboxylic acids is 1. The summed E-state index contributed by atoms with van der Waals surface area (Å²) in [6, 6.07) is 0. The van der Waals surface area contributed by atoms with E-state index in [1.54, 1.807) is 0 Å². The molecule has 74 valence electrons. The van der Waals surface area contributed by atoms with E-state index in [0.29, 0.717) is 12.2 Å². The van der Waals surface area contributed by atoms with Crippen LogP contribution in [-0.2, 0) is 4.79 Å². The molecule has 0 aliphatic heterocycles. The van der Waals surface area contributed by atoms with Gasteiger partial charge in [-0.1, -0.05) is 47.0 Å². The van der Waals surface area contributed by atoms with Crippen LogP contribution < -0.4 is 0 Å². The lowest BCUT2D eigenvalue weighted by atomic mass is 10.1. The van der Waals surface area contributed by atoms with E-state index in [2.05, 4.69) is 20.8 Å². The molecule has 0 bridgehead atoms. The highest BCUT2D eigenvalue weighted by Gasteiger charge is 1.93. The summed E-state index contributed by atoms with van der Waals surface area (Å²) in [4.78, 5) is 10.6. The maximum atomic E-state index is 10.6. The summed E-state index contributed by atoms with van der Waals surface area (Å²) in [5, 5.41) is 0. The normalized spacial score (nSPS) is 8.67. The second kappa shape index (κ2) is 13.3. The molecule has 0 aliphatic carbocycles. The highest BCUT2D eigenvalue weighted by atomic mass is 16.1. The minimum Gasteiger partial charge on any atom is -0.300 e. The largest absolute Gasteiger partial charge is 0.300 e. The number of ketones is 1.